The van der Waals surface area contributed by atoms with Crippen LogP contribution < -0.4 is 5.32 Å². The third kappa shape index (κ3) is 5.46. The third-order valence-electron chi connectivity index (χ3n) is 3.45. The Morgan fingerprint density at radius 1 is 1.26 bits per heavy atom. The molecule has 1 saturated heterocycles. The minimum atomic E-state index is -0.950. The number of rotatable bonds is 5. The SMILES string of the molecule is CCCCC(NC(=O)N1CCCN(C)CC1)C(=O)O. The summed E-state index contributed by atoms with van der Waals surface area (Å²) in [4.78, 5) is 27.1. The van der Waals surface area contributed by atoms with Crippen LogP contribution in [0.2, 0.25) is 0 Å². The highest BCUT2D eigenvalue weighted by Gasteiger charge is 2.23. The molecule has 0 saturated carbocycles. The van der Waals surface area contributed by atoms with Crippen LogP contribution in [0.4, 0.5) is 4.79 Å². The lowest BCUT2D eigenvalue weighted by Crippen LogP contribution is -2.48. The van der Waals surface area contributed by atoms with Crippen LogP contribution in [0.25, 0.3) is 0 Å². The maximum Gasteiger partial charge on any atom is 0.326 e. The molecule has 2 amide bonds. The van der Waals surface area contributed by atoms with Crippen molar-refractivity contribution in [1.82, 2.24) is 15.1 Å². The van der Waals surface area contributed by atoms with Gasteiger partial charge in [0, 0.05) is 19.6 Å². The van der Waals surface area contributed by atoms with Gasteiger partial charge in [0.2, 0.25) is 0 Å². The summed E-state index contributed by atoms with van der Waals surface area (Å²) >= 11 is 0. The molecule has 1 aliphatic heterocycles. The van der Waals surface area contributed by atoms with Crippen molar-refractivity contribution >= 4 is 12.0 Å². The van der Waals surface area contributed by atoms with Crippen molar-refractivity contribution in [2.45, 2.75) is 38.6 Å². The van der Waals surface area contributed by atoms with Crippen LogP contribution in [-0.4, -0.2) is 66.2 Å². The maximum atomic E-state index is 12.1. The molecule has 1 rings (SSSR count). The van der Waals surface area contributed by atoms with Gasteiger partial charge in [-0.05, 0) is 26.4 Å². The molecule has 110 valence electrons. The number of amides is 2. The molecular formula is C13H25N3O3. The van der Waals surface area contributed by atoms with Gasteiger partial charge in [0.25, 0.3) is 0 Å². The summed E-state index contributed by atoms with van der Waals surface area (Å²) in [6, 6.07) is -1.02. The van der Waals surface area contributed by atoms with Crippen LogP contribution in [0, 0.1) is 0 Å². The van der Waals surface area contributed by atoms with Gasteiger partial charge in [-0.25, -0.2) is 9.59 Å². The highest BCUT2D eigenvalue weighted by molar-refractivity contribution is 5.82. The number of urea groups is 1. The molecule has 0 aromatic rings. The number of carboxylic acid groups (broad SMARTS) is 1. The lowest BCUT2D eigenvalue weighted by Gasteiger charge is -2.23. The van der Waals surface area contributed by atoms with E-state index in [0.717, 1.165) is 32.4 Å². The highest BCUT2D eigenvalue weighted by Crippen LogP contribution is 2.05. The molecule has 0 spiro atoms. The van der Waals surface area contributed by atoms with E-state index < -0.39 is 12.0 Å². The highest BCUT2D eigenvalue weighted by atomic mass is 16.4. The van der Waals surface area contributed by atoms with Crippen molar-refractivity contribution in [3.8, 4) is 0 Å². The van der Waals surface area contributed by atoms with Crippen LogP contribution in [0.1, 0.15) is 32.6 Å². The number of aliphatic carboxylic acids is 1. The van der Waals surface area contributed by atoms with Gasteiger partial charge in [-0.2, -0.15) is 0 Å². The minimum Gasteiger partial charge on any atom is -0.480 e. The first kappa shape index (κ1) is 15.8. The molecule has 1 unspecified atom stereocenters. The molecular weight excluding hydrogens is 246 g/mol. The van der Waals surface area contributed by atoms with E-state index in [2.05, 4.69) is 10.2 Å². The molecule has 0 bridgehead atoms. The van der Waals surface area contributed by atoms with Crippen LogP contribution in [0.15, 0.2) is 0 Å². The van der Waals surface area contributed by atoms with Crippen LogP contribution in [0.3, 0.4) is 0 Å². The number of hydrogen-bond acceptors (Lipinski definition) is 3. The smallest absolute Gasteiger partial charge is 0.326 e. The predicted octanol–water partition coefficient (Wildman–Crippen LogP) is 0.977. The molecule has 1 aliphatic rings. The van der Waals surface area contributed by atoms with E-state index >= 15 is 0 Å². The fraction of sp³-hybridized carbons (Fsp3) is 0.846. The van der Waals surface area contributed by atoms with Crippen LogP contribution in [0.5, 0.6) is 0 Å². The number of carbonyl (C=O) groups is 2. The molecule has 6 heteroatoms. The van der Waals surface area contributed by atoms with E-state index in [4.69, 9.17) is 5.11 Å². The molecule has 1 heterocycles. The molecule has 2 N–H and O–H groups in total. The third-order valence-corrected chi connectivity index (χ3v) is 3.45. The topological polar surface area (TPSA) is 72.9 Å². The number of carbonyl (C=O) groups excluding carboxylic acids is 1. The maximum absolute atomic E-state index is 12.1. The molecule has 0 aliphatic carbocycles. The number of nitrogens with one attached hydrogen (secondary N) is 1. The molecule has 1 atom stereocenters. The molecule has 6 nitrogen and oxygen atoms in total. The fourth-order valence-corrected chi connectivity index (χ4v) is 2.16. The Balaban J connectivity index is 2.48. The Hall–Kier alpha value is -1.30. The molecule has 0 aromatic heterocycles. The second-order valence-electron chi connectivity index (χ2n) is 5.13. The summed E-state index contributed by atoms with van der Waals surface area (Å²) in [7, 11) is 2.03. The normalized spacial score (nSPS) is 18.7. The largest absolute Gasteiger partial charge is 0.480 e. The lowest BCUT2D eigenvalue weighted by atomic mass is 10.1. The number of hydrogen-bond donors (Lipinski definition) is 2. The monoisotopic (exact) mass is 271 g/mol. The summed E-state index contributed by atoms with van der Waals surface area (Å²) in [5.74, 6) is -0.950. The van der Waals surface area contributed by atoms with Crippen LogP contribution in [-0.2, 0) is 4.79 Å². The number of likely N-dealkylation sites (N-methyl/N-ethyl adjacent to an activating group) is 1. The van der Waals surface area contributed by atoms with Crippen LogP contribution >= 0.6 is 0 Å². The standard InChI is InChI=1S/C13H25N3O3/c1-3-4-6-11(12(17)18)14-13(19)16-8-5-7-15(2)9-10-16/h11H,3-10H2,1-2H3,(H,14,19)(H,17,18). The zero-order valence-electron chi connectivity index (χ0n) is 11.9. The summed E-state index contributed by atoms with van der Waals surface area (Å²) in [5, 5.41) is 11.7. The first-order valence-corrected chi connectivity index (χ1v) is 7.01. The fourth-order valence-electron chi connectivity index (χ4n) is 2.16. The van der Waals surface area contributed by atoms with Gasteiger partial charge < -0.3 is 20.2 Å². The van der Waals surface area contributed by atoms with Gasteiger partial charge in [0.05, 0.1) is 0 Å². The number of nitrogens with zero attached hydrogens (tertiary/aromatic N) is 2. The average molecular weight is 271 g/mol. The number of carboxylic acids is 1. The Labute approximate surface area is 114 Å². The summed E-state index contributed by atoms with van der Waals surface area (Å²) < 4.78 is 0. The van der Waals surface area contributed by atoms with E-state index in [1.165, 1.54) is 0 Å². The minimum absolute atomic E-state index is 0.251. The van der Waals surface area contributed by atoms with Gasteiger partial charge in [0.1, 0.15) is 6.04 Å². The van der Waals surface area contributed by atoms with Crippen molar-refractivity contribution in [3.63, 3.8) is 0 Å². The van der Waals surface area contributed by atoms with E-state index in [0.29, 0.717) is 19.5 Å². The van der Waals surface area contributed by atoms with Gasteiger partial charge in [-0.15, -0.1) is 0 Å². The second-order valence-corrected chi connectivity index (χ2v) is 5.13. The van der Waals surface area contributed by atoms with Crippen molar-refractivity contribution in [1.29, 1.82) is 0 Å². The van der Waals surface area contributed by atoms with Crippen molar-refractivity contribution in [2.75, 3.05) is 33.2 Å². The zero-order chi connectivity index (χ0) is 14.3. The first-order chi connectivity index (χ1) is 9.04. The zero-order valence-corrected chi connectivity index (χ0v) is 11.9. The van der Waals surface area contributed by atoms with E-state index in [-0.39, 0.29) is 6.03 Å². The Bertz CT molecular complexity index is 310. The summed E-state index contributed by atoms with van der Waals surface area (Å²) in [6.45, 7) is 5.16. The Kier molecular flexibility index (Phi) is 6.62. The van der Waals surface area contributed by atoms with Crippen molar-refractivity contribution < 1.29 is 14.7 Å². The second kappa shape index (κ2) is 7.99. The molecule has 0 aromatic carbocycles. The van der Waals surface area contributed by atoms with Crippen molar-refractivity contribution in [2.24, 2.45) is 0 Å². The number of unbranched alkanes of at least 4 members (excludes halogenated alkanes) is 1. The quantitative estimate of drug-likeness (QED) is 0.781. The van der Waals surface area contributed by atoms with Gasteiger partial charge in [-0.1, -0.05) is 19.8 Å². The summed E-state index contributed by atoms with van der Waals surface area (Å²) in [6.07, 6.45) is 3.15. The lowest BCUT2D eigenvalue weighted by molar-refractivity contribution is -0.139. The predicted molar refractivity (Wildman–Crippen MR) is 73.2 cm³/mol. The molecule has 1 fully saturated rings. The summed E-state index contributed by atoms with van der Waals surface area (Å²) in [5.41, 5.74) is 0. The van der Waals surface area contributed by atoms with E-state index in [1.807, 2.05) is 14.0 Å². The molecule has 0 radical (unpaired) electrons. The van der Waals surface area contributed by atoms with Gasteiger partial charge in [0.15, 0.2) is 0 Å². The first-order valence-electron chi connectivity index (χ1n) is 7.01. The van der Waals surface area contributed by atoms with E-state index in [1.54, 1.807) is 4.90 Å². The van der Waals surface area contributed by atoms with E-state index in [9.17, 15) is 9.59 Å². The molecule has 19 heavy (non-hydrogen) atoms. The van der Waals surface area contributed by atoms with Gasteiger partial charge in [-0.3, -0.25) is 0 Å². The average Bonchev–Trinajstić information content (AvgIpc) is 2.58. The Morgan fingerprint density at radius 3 is 2.63 bits per heavy atom. The van der Waals surface area contributed by atoms with Gasteiger partial charge >= 0.3 is 12.0 Å². The van der Waals surface area contributed by atoms with Crippen molar-refractivity contribution in [3.05, 3.63) is 0 Å². The Morgan fingerprint density at radius 2 is 2.00 bits per heavy atom.